The average molecular weight is 230 g/mol. The van der Waals surface area contributed by atoms with Gasteiger partial charge in [-0.05, 0) is 32.4 Å². The van der Waals surface area contributed by atoms with E-state index < -0.39 is 18.0 Å². The summed E-state index contributed by atoms with van der Waals surface area (Å²) in [6, 6.07) is 0. The van der Waals surface area contributed by atoms with Crippen LogP contribution in [0.4, 0.5) is 0 Å². The van der Waals surface area contributed by atoms with Crippen molar-refractivity contribution < 1.29 is 19.5 Å². The first kappa shape index (κ1) is 12.9. The highest BCUT2D eigenvalue weighted by Gasteiger charge is 2.37. The molecule has 0 atom stereocenters. The van der Waals surface area contributed by atoms with Crippen LogP contribution in [0.2, 0.25) is 0 Å². The number of carboxylic acid groups (broad SMARTS) is 1. The minimum Gasteiger partial charge on any atom is -0.479 e. The summed E-state index contributed by atoms with van der Waals surface area (Å²) in [4.78, 5) is 26.7. The third-order valence-electron chi connectivity index (χ3n) is 3.08. The number of carbonyl (C=O) groups is 2. The lowest BCUT2D eigenvalue weighted by Crippen LogP contribution is -2.47. The van der Waals surface area contributed by atoms with Crippen molar-refractivity contribution in [2.75, 3.05) is 19.7 Å². The van der Waals surface area contributed by atoms with E-state index in [-0.39, 0.29) is 5.91 Å². The Morgan fingerprint density at radius 2 is 2.06 bits per heavy atom. The van der Waals surface area contributed by atoms with E-state index in [1.54, 1.807) is 0 Å². The van der Waals surface area contributed by atoms with Crippen molar-refractivity contribution in [2.24, 2.45) is 5.41 Å². The maximum Gasteiger partial charge on any atom is 0.332 e. The number of hydrogen-bond donors (Lipinski definition) is 3. The number of rotatable bonds is 5. The van der Waals surface area contributed by atoms with Crippen LogP contribution in [0.3, 0.4) is 0 Å². The van der Waals surface area contributed by atoms with Gasteiger partial charge in [0.15, 0.2) is 6.61 Å². The average Bonchev–Trinajstić information content (AvgIpc) is 2.29. The zero-order valence-corrected chi connectivity index (χ0v) is 9.41. The molecule has 92 valence electrons. The van der Waals surface area contributed by atoms with Gasteiger partial charge in [-0.3, -0.25) is 9.63 Å². The van der Waals surface area contributed by atoms with Gasteiger partial charge in [-0.1, -0.05) is 6.92 Å². The fraction of sp³-hybridized carbons (Fsp3) is 0.800. The molecule has 0 aromatic carbocycles. The summed E-state index contributed by atoms with van der Waals surface area (Å²) >= 11 is 0. The largest absolute Gasteiger partial charge is 0.479 e. The number of hydrogen-bond acceptors (Lipinski definition) is 4. The van der Waals surface area contributed by atoms with Crippen molar-refractivity contribution in [1.82, 2.24) is 10.8 Å². The van der Waals surface area contributed by atoms with E-state index in [2.05, 4.69) is 15.6 Å². The number of aliphatic carboxylic acids is 1. The molecule has 16 heavy (non-hydrogen) atoms. The van der Waals surface area contributed by atoms with Crippen LogP contribution < -0.4 is 10.8 Å². The summed E-state index contributed by atoms with van der Waals surface area (Å²) in [5.74, 6) is -1.31. The SMILES string of the molecule is CCC1(C(=O)NOCC(=O)O)CCNCC1. The second-order valence-corrected chi connectivity index (χ2v) is 4.00. The molecule has 6 nitrogen and oxygen atoms in total. The summed E-state index contributed by atoms with van der Waals surface area (Å²) in [6.07, 6.45) is 2.24. The zero-order chi connectivity index (χ0) is 12.0. The van der Waals surface area contributed by atoms with Crippen LogP contribution in [0.15, 0.2) is 0 Å². The predicted octanol–water partition coefficient (Wildman–Crippen LogP) is -0.101. The van der Waals surface area contributed by atoms with Crippen LogP contribution in [0.25, 0.3) is 0 Å². The highest BCUT2D eigenvalue weighted by molar-refractivity contribution is 5.82. The minimum absolute atomic E-state index is 0.210. The van der Waals surface area contributed by atoms with Crippen molar-refractivity contribution >= 4 is 11.9 Å². The summed E-state index contributed by atoms with van der Waals surface area (Å²) < 4.78 is 0. The van der Waals surface area contributed by atoms with E-state index in [0.29, 0.717) is 0 Å². The number of piperidine rings is 1. The van der Waals surface area contributed by atoms with Gasteiger partial charge in [0, 0.05) is 0 Å². The van der Waals surface area contributed by atoms with Crippen LogP contribution in [-0.4, -0.2) is 36.7 Å². The smallest absolute Gasteiger partial charge is 0.332 e. The third-order valence-corrected chi connectivity index (χ3v) is 3.08. The summed E-state index contributed by atoms with van der Waals surface area (Å²) in [5.41, 5.74) is 1.81. The highest BCUT2D eigenvalue weighted by atomic mass is 16.7. The number of carbonyl (C=O) groups excluding carboxylic acids is 1. The predicted molar refractivity (Wildman–Crippen MR) is 56.6 cm³/mol. The van der Waals surface area contributed by atoms with Crippen LogP contribution in [0.1, 0.15) is 26.2 Å². The standard InChI is InChI=1S/C10H18N2O4/c1-2-10(3-5-11-6-4-10)9(15)12-16-7-8(13)14/h11H,2-7H2,1H3,(H,12,15)(H,13,14). The maximum absolute atomic E-state index is 11.9. The molecule has 1 heterocycles. The van der Waals surface area contributed by atoms with Gasteiger partial charge in [0.25, 0.3) is 0 Å². The van der Waals surface area contributed by atoms with Gasteiger partial charge >= 0.3 is 5.97 Å². The highest BCUT2D eigenvalue weighted by Crippen LogP contribution is 2.32. The van der Waals surface area contributed by atoms with Crippen molar-refractivity contribution in [1.29, 1.82) is 0 Å². The first-order valence-electron chi connectivity index (χ1n) is 5.45. The Bertz CT molecular complexity index is 262. The Morgan fingerprint density at radius 3 is 2.56 bits per heavy atom. The van der Waals surface area contributed by atoms with E-state index >= 15 is 0 Å². The van der Waals surface area contributed by atoms with Gasteiger partial charge in [-0.25, -0.2) is 10.3 Å². The molecule has 1 rings (SSSR count). The van der Waals surface area contributed by atoms with Gasteiger partial charge in [0.2, 0.25) is 5.91 Å². The Kier molecular flexibility index (Phi) is 4.70. The molecule has 0 spiro atoms. The molecule has 0 aromatic heterocycles. The van der Waals surface area contributed by atoms with Gasteiger partial charge in [0.1, 0.15) is 0 Å². The Morgan fingerprint density at radius 1 is 1.44 bits per heavy atom. The second-order valence-electron chi connectivity index (χ2n) is 4.00. The summed E-state index contributed by atoms with van der Waals surface area (Å²) in [7, 11) is 0. The Balaban J connectivity index is 2.45. The van der Waals surface area contributed by atoms with Gasteiger partial charge in [-0.2, -0.15) is 0 Å². The summed E-state index contributed by atoms with van der Waals surface area (Å²) in [5, 5.41) is 11.6. The zero-order valence-electron chi connectivity index (χ0n) is 9.41. The molecule has 1 aliphatic rings. The Labute approximate surface area is 94.3 Å². The second kappa shape index (κ2) is 5.81. The molecule has 0 bridgehead atoms. The molecule has 1 aliphatic heterocycles. The molecule has 6 heteroatoms. The van der Waals surface area contributed by atoms with Crippen molar-refractivity contribution in [3.63, 3.8) is 0 Å². The maximum atomic E-state index is 11.9. The van der Waals surface area contributed by atoms with E-state index in [1.807, 2.05) is 6.92 Å². The molecular weight excluding hydrogens is 212 g/mol. The first-order chi connectivity index (χ1) is 7.60. The van der Waals surface area contributed by atoms with Crippen LogP contribution in [0.5, 0.6) is 0 Å². The molecular formula is C10H18N2O4. The lowest BCUT2D eigenvalue weighted by molar-refractivity contribution is -0.154. The molecule has 1 fully saturated rings. The molecule has 0 radical (unpaired) electrons. The van der Waals surface area contributed by atoms with Crippen LogP contribution >= 0.6 is 0 Å². The molecule has 3 N–H and O–H groups in total. The molecule has 1 saturated heterocycles. The third kappa shape index (κ3) is 3.18. The number of hydroxylamine groups is 1. The van der Waals surface area contributed by atoms with Crippen molar-refractivity contribution in [3.8, 4) is 0 Å². The molecule has 0 aliphatic carbocycles. The number of amides is 1. The van der Waals surface area contributed by atoms with E-state index in [9.17, 15) is 9.59 Å². The topological polar surface area (TPSA) is 87.7 Å². The first-order valence-corrected chi connectivity index (χ1v) is 5.45. The lowest BCUT2D eigenvalue weighted by Gasteiger charge is -2.34. The van der Waals surface area contributed by atoms with Gasteiger partial charge < -0.3 is 10.4 Å². The van der Waals surface area contributed by atoms with Gasteiger partial charge in [-0.15, -0.1) is 0 Å². The monoisotopic (exact) mass is 230 g/mol. The minimum atomic E-state index is -1.10. The normalized spacial score (nSPS) is 19.1. The number of carboxylic acids is 1. The Hall–Kier alpha value is -1.14. The van der Waals surface area contributed by atoms with Crippen LogP contribution in [-0.2, 0) is 14.4 Å². The van der Waals surface area contributed by atoms with Crippen LogP contribution in [0, 0.1) is 5.41 Å². The van der Waals surface area contributed by atoms with E-state index in [4.69, 9.17) is 5.11 Å². The van der Waals surface area contributed by atoms with Crippen molar-refractivity contribution in [2.45, 2.75) is 26.2 Å². The quantitative estimate of drug-likeness (QED) is 0.574. The lowest BCUT2D eigenvalue weighted by atomic mass is 9.76. The van der Waals surface area contributed by atoms with E-state index in [1.165, 1.54) is 0 Å². The molecule has 0 aromatic rings. The fourth-order valence-corrected chi connectivity index (χ4v) is 1.92. The fourth-order valence-electron chi connectivity index (χ4n) is 1.92. The molecule has 1 amide bonds. The summed E-state index contributed by atoms with van der Waals surface area (Å²) in [6.45, 7) is 3.06. The molecule has 0 unspecified atom stereocenters. The van der Waals surface area contributed by atoms with Gasteiger partial charge in [0.05, 0.1) is 5.41 Å². The molecule has 0 saturated carbocycles. The van der Waals surface area contributed by atoms with Crippen molar-refractivity contribution in [3.05, 3.63) is 0 Å². The number of nitrogens with one attached hydrogen (secondary N) is 2. The van der Waals surface area contributed by atoms with E-state index in [0.717, 1.165) is 32.4 Å².